The van der Waals surface area contributed by atoms with Gasteiger partial charge in [0.25, 0.3) is 0 Å². The van der Waals surface area contributed by atoms with Crippen molar-refractivity contribution in [2.75, 3.05) is 0 Å². The quantitative estimate of drug-likeness (QED) is 0.776. The van der Waals surface area contributed by atoms with Crippen LogP contribution in [0.2, 0.25) is 5.02 Å². The van der Waals surface area contributed by atoms with Crippen LogP contribution in [0.25, 0.3) is 11.1 Å². The number of phenols is 1. The molecule has 0 unspecified atom stereocenters. The molecule has 0 aliphatic rings. The molecule has 0 saturated heterocycles. The number of halogens is 1. The van der Waals surface area contributed by atoms with Gasteiger partial charge >= 0.3 is 0 Å². The Morgan fingerprint density at radius 2 is 1.75 bits per heavy atom. The molecule has 0 spiro atoms. The molecule has 0 atom stereocenters. The highest BCUT2D eigenvalue weighted by Crippen LogP contribution is 2.31. The van der Waals surface area contributed by atoms with Crippen molar-refractivity contribution in [3.05, 3.63) is 52.5 Å². The minimum Gasteiger partial charge on any atom is -0.506 e. The molecule has 16 heavy (non-hydrogen) atoms. The van der Waals surface area contributed by atoms with Crippen molar-refractivity contribution in [1.29, 1.82) is 0 Å². The van der Waals surface area contributed by atoms with Crippen LogP contribution in [0, 0.1) is 13.8 Å². The molecule has 1 nitrogen and oxygen atoms in total. The molecule has 0 saturated carbocycles. The van der Waals surface area contributed by atoms with Crippen molar-refractivity contribution < 1.29 is 5.11 Å². The summed E-state index contributed by atoms with van der Waals surface area (Å²) in [6.45, 7) is 4.14. The Bertz CT molecular complexity index is 532. The average Bonchev–Trinajstić information content (AvgIpc) is 2.22. The molecular formula is C14H13ClO. The fourth-order valence-electron chi connectivity index (χ4n) is 1.81. The summed E-state index contributed by atoms with van der Waals surface area (Å²) in [4.78, 5) is 0. The molecule has 0 fully saturated rings. The van der Waals surface area contributed by atoms with Gasteiger partial charge in [-0.3, -0.25) is 0 Å². The molecular weight excluding hydrogens is 220 g/mol. The fraction of sp³-hybridized carbons (Fsp3) is 0.143. The number of phenolic OH excluding ortho intramolecular Hbond substituents is 1. The second-order valence-electron chi connectivity index (χ2n) is 3.98. The van der Waals surface area contributed by atoms with Gasteiger partial charge in [-0.15, -0.1) is 0 Å². The maximum Gasteiger partial charge on any atom is 0.134 e. The predicted molar refractivity (Wildman–Crippen MR) is 68.0 cm³/mol. The number of rotatable bonds is 1. The van der Waals surface area contributed by atoms with Crippen LogP contribution in [-0.2, 0) is 0 Å². The van der Waals surface area contributed by atoms with Crippen molar-refractivity contribution in [2.24, 2.45) is 0 Å². The summed E-state index contributed by atoms with van der Waals surface area (Å²) >= 11 is 5.90. The highest BCUT2D eigenvalue weighted by molar-refractivity contribution is 6.32. The number of benzene rings is 2. The van der Waals surface area contributed by atoms with Gasteiger partial charge in [0.05, 0.1) is 5.02 Å². The molecule has 0 bridgehead atoms. The lowest BCUT2D eigenvalue weighted by Crippen LogP contribution is -1.84. The minimum absolute atomic E-state index is 0.121. The lowest BCUT2D eigenvalue weighted by molar-refractivity contribution is 0.475. The van der Waals surface area contributed by atoms with Gasteiger partial charge in [-0.1, -0.05) is 41.4 Å². The maximum atomic E-state index is 9.37. The molecule has 0 aliphatic heterocycles. The van der Waals surface area contributed by atoms with Crippen molar-refractivity contribution >= 4 is 11.6 Å². The lowest BCUT2D eigenvalue weighted by Gasteiger charge is -2.08. The van der Waals surface area contributed by atoms with Gasteiger partial charge in [-0.25, -0.2) is 0 Å². The highest BCUT2D eigenvalue weighted by atomic mass is 35.5. The van der Waals surface area contributed by atoms with E-state index in [1.54, 1.807) is 12.1 Å². The van der Waals surface area contributed by atoms with Crippen LogP contribution in [0.4, 0.5) is 0 Å². The summed E-state index contributed by atoms with van der Waals surface area (Å²) in [7, 11) is 0. The van der Waals surface area contributed by atoms with Crippen LogP contribution in [0.1, 0.15) is 11.1 Å². The maximum absolute atomic E-state index is 9.37. The first-order valence-corrected chi connectivity index (χ1v) is 5.52. The normalized spacial score (nSPS) is 10.4. The number of aromatic hydroxyl groups is 1. The van der Waals surface area contributed by atoms with E-state index in [4.69, 9.17) is 11.6 Å². The van der Waals surface area contributed by atoms with Crippen LogP contribution in [0.3, 0.4) is 0 Å². The zero-order valence-electron chi connectivity index (χ0n) is 9.29. The molecule has 0 aliphatic carbocycles. The number of aryl methyl sites for hydroxylation is 2. The van der Waals surface area contributed by atoms with E-state index in [-0.39, 0.29) is 5.75 Å². The second kappa shape index (κ2) is 4.18. The number of hydrogen-bond acceptors (Lipinski definition) is 1. The molecule has 1 N–H and O–H groups in total. The Labute approximate surface area is 100 Å². The highest BCUT2D eigenvalue weighted by Gasteiger charge is 2.04. The van der Waals surface area contributed by atoms with Gasteiger partial charge in [-0.2, -0.15) is 0 Å². The van der Waals surface area contributed by atoms with E-state index in [9.17, 15) is 5.11 Å². The predicted octanol–water partition coefficient (Wildman–Crippen LogP) is 4.33. The monoisotopic (exact) mass is 232 g/mol. The first-order valence-electron chi connectivity index (χ1n) is 5.14. The Morgan fingerprint density at radius 3 is 2.38 bits per heavy atom. The van der Waals surface area contributed by atoms with Crippen LogP contribution in [0.5, 0.6) is 5.75 Å². The smallest absolute Gasteiger partial charge is 0.134 e. The first-order chi connectivity index (χ1) is 7.58. The summed E-state index contributed by atoms with van der Waals surface area (Å²) in [5, 5.41) is 9.76. The summed E-state index contributed by atoms with van der Waals surface area (Å²) in [6, 6.07) is 11.6. The standard InChI is InChI=1S/C14H13ClO/c1-9-3-5-12(10(2)7-9)11-4-6-14(16)13(15)8-11/h3-8,16H,1-2H3. The average molecular weight is 233 g/mol. The third-order valence-electron chi connectivity index (χ3n) is 2.64. The lowest BCUT2D eigenvalue weighted by atomic mass is 9.99. The largest absolute Gasteiger partial charge is 0.506 e. The van der Waals surface area contributed by atoms with Gasteiger partial charge in [0.15, 0.2) is 0 Å². The fourth-order valence-corrected chi connectivity index (χ4v) is 1.99. The zero-order valence-corrected chi connectivity index (χ0v) is 10.0. The van der Waals surface area contributed by atoms with E-state index in [0.717, 1.165) is 11.1 Å². The van der Waals surface area contributed by atoms with E-state index < -0.39 is 0 Å². The van der Waals surface area contributed by atoms with Crippen LogP contribution in [-0.4, -0.2) is 5.11 Å². The second-order valence-corrected chi connectivity index (χ2v) is 4.39. The number of hydrogen-bond donors (Lipinski definition) is 1. The Balaban J connectivity index is 2.54. The van der Waals surface area contributed by atoms with Crippen molar-refractivity contribution in [1.82, 2.24) is 0 Å². The van der Waals surface area contributed by atoms with Crippen LogP contribution in [0.15, 0.2) is 36.4 Å². The Hall–Kier alpha value is -1.47. The van der Waals surface area contributed by atoms with Crippen molar-refractivity contribution in [2.45, 2.75) is 13.8 Å². The van der Waals surface area contributed by atoms with Crippen molar-refractivity contribution in [3.63, 3.8) is 0 Å². The van der Waals surface area contributed by atoms with E-state index in [0.29, 0.717) is 5.02 Å². The molecule has 2 aromatic carbocycles. The third-order valence-corrected chi connectivity index (χ3v) is 2.94. The van der Waals surface area contributed by atoms with Crippen LogP contribution < -0.4 is 0 Å². The first kappa shape index (κ1) is 11.0. The SMILES string of the molecule is Cc1ccc(-c2ccc(O)c(Cl)c2)c(C)c1. The van der Waals surface area contributed by atoms with E-state index in [1.807, 2.05) is 6.07 Å². The van der Waals surface area contributed by atoms with Crippen molar-refractivity contribution in [3.8, 4) is 16.9 Å². The van der Waals surface area contributed by atoms with Gasteiger partial charge < -0.3 is 5.11 Å². The van der Waals surface area contributed by atoms with E-state index in [1.165, 1.54) is 11.1 Å². The molecule has 0 amide bonds. The molecule has 2 aromatic rings. The summed E-state index contributed by atoms with van der Waals surface area (Å²) < 4.78 is 0. The summed E-state index contributed by atoms with van der Waals surface area (Å²) in [5.41, 5.74) is 4.63. The molecule has 2 rings (SSSR count). The van der Waals surface area contributed by atoms with Gasteiger partial charge in [0, 0.05) is 0 Å². The minimum atomic E-state index is 0.121. The molecule has 0 radical (unpaired) electrons. The van der Waals surface area contributed by atoms with Crippen LogP contribution >= 0.6 is 11.6 Å². The van der Waals surface area contributed by atoms with E-state index in [2.05, 4.69) is 32.0 Å². The Morgan fingerprint density at radius 1 is 1.00 bits per heavy atom. The third kappa shape index (κ3) is 2.05. The summed E-state index contributed by atoms with van der Waals surface area (Å²) in [6.07, 6.45) is 0. The summed E-state index contributed by atoms with van der Waals surface area (Å²) in [5.74, 6) is 0.121. The molecule has 0 aromatic heterocycles. The van der Waals surface area contributed by atoms with Gasteiger partial charge in [0.2, 0.25) is 0 Å². The topological polar surface area (TPSA) is 20.2 Å². The molecule has 82 valence electrons. The van der Waals surface area contributed by atoms with Gasteiger partial charge in [0.1, 0.15) is 5.75 Å². The molecule has 0 heterocycles. The van der Waals surface area contributed by atoms with Gasteiger partial charge in [-0.05, 0) is 42.7 Å². The molecule has 2 heteroatoms. The van der Waals surface area contributed by atoms with E-state index >= 15 is 0 Å². The zero-order chi connectivity index (χ0) is 11.7. The Kier molecular flexibility index (Phi) is 2.88.